The fourth-order valence-corrected chi connectivity index (χ4v) is 2.62. The number of nitrogen functional groups attached to an aromatic ring is 1. The Morgan fingerprint density at radius 1 is 1.15 bits per heavy atom. The Balaban J connectivity index is 1.81. The molecule has 1 fully saturated rings. The van der Waals surface area contributed by atoms with Crippen LogP contribution < -0.4 is 5.73 Å². The summed E-state index contributed by atoms with van der Waals surface area (Å²) in [6.07, 6.45) is 2.90. The van der Waals surface area contributed by atoms with E-state index in [1.54, 1.807) is 10.9 Å². The van der Waals surface area contributed by atoms with Crippen molar-refractivity contribution in [1.82, 2.24) is 29.5 Å². The summed E-state index contributed by atoms with van der Waals surface area (Å²) in [7, 11) is 4.04. The van der Waals surface area contributed by atoms with Crippen LogP contribution in [0, 0.1) is 0 Å². The zero-order chi connectivity index (χ0) is 14.1. The zero-order valence-electron chi connectivity index (χ0n) is 12.1. The largest absolute Gasteiger partial charge is 0.383 e. The standard InChI is InChI=1S/C13H21N7/c1-18-4-3-5-20(7-6-18)9-11-16-12(14)10-8-15-19(2)13(10)17-11/h8H,3-7,9H2,1-2H3,(H2,14,16,17). The maximum absolute atomic E-state index is 6.00. The number of hydrogen-bond donors (Lipinski definition) is 1. The van der Waals surface area contributed by atoms with Crippen molar-refractivity contribution in [2.75, 3.05) is 39.0 Å². The van der Waals surface area contributed by atoms with Crippen LogP contribution in [-0.2, 0) is 13.6 Å². The Labute approximate surface area is 118 Å². The molecule has 0 amide bonds. The Morgan fingerprint density at radius 3 is 2.85 bits per heavy atom. The summed E-state index contributed by atoms with van der Waals surface area (Å²) in [5, 5.41) is 5.01. The first-order chi connectivity index (χ1) is 9.63. The highest BCUT2D eigenvalue weighted by Crippen LogP contribution is 2.17. The third-order valence-electron chi connectivity index (χ3n) is 3.85. The van der Waals surface area contributed by atoms with Crippen molar-refractivity contribution in [3.8, 4) is 0 Å². The fraction of sp³-hybridized carbons (Fsp3) is 0.615. The van der Waals surface area contributed by atoms with E-state index in [-0.39, 0.29) is 0 Å². The predicted octanol–water partition coefficient (Wildman–Crippen LogP) is 0.0830. The molecule has 3 rings (SSSR count). The van der Waals surface area contributed by atoms with E-state index in [0.717, 1.165) is 49.6 Å². The molecule has 1 saturated heterocycles. The van der Waals surface area contributed by atoms with Crippen molar-refractivity contribution in [2.45, 2.75) is 13.0 Å². The van der Waals surface area contributed by atoms with Crippen LogP contribution in [0.2, 0.25) is 0 Å². The minimum Gasteiger partial charge on any atom is -0.383 e. The van der Waals surface area contributed by atoms with E-state index in [1.807, 2.05) is 7.05 Å². The molecule has 2 N–H and O–H groups in total. The molecule has 0 radical (unpaired) electrons. The lowest BCUT2D eigenvalue weighted by Gasteiger charge is -2.19. The summed E-state index contributed by atoms with van der Waals surface area (Å²) in [5.74, 6) is 1.30. The van der Waals surface area contributed by atoms with Crippen molar-refractivity contribution in [2.24, 2.45) is 7.05 Å². The van der Waals surface area contributed by atoms with Crippen molar-refractivity contribution in [1.29, 1.82) is 0 Å². The molecule has 108 valence electrons. The summed E-state index contributed by atoms with van der Waals surface area (Å²) < 4.78 is 1.74. The molecule has 1 aliphatic rings. The van der Waals surface area contributed by atoms with Crippen molar-refractivity contribution in [3.05, 3.63) is 12.0 Å². The highest BCUT2D eigenvalue weighted by Gasteiger charge is 2.15. The van der Waals surface area contributed by atoms with Gasteiger partial charge in [-0.25, -0.2) is 9.97 Å². The topological polar surface area (TPSA) is 76.1 Å². The van der Waals surface area contributed by atoms with Gasteiger partial charge in [-0.05, 0) is 26.6 Å². The van der Waals surface area contributed by atoms with Gasteiger partial charge in [0, 0.05) is 20.1 Å². The van der Waals surface area contributed by atoms with E-state index >= 15 is 0 Å². The SMILES string of the molecule is CN1CCCN(Cc2nc(N)c3cnn(C)c3n2)CC1. The monoisotopic (exact) mass is 275 g/mol. The minimum absolute atomic E-state index is 0.519. The Hall–Kier alpha value is -1.73. The van der Waals surface area contributed by atoms with Gasteiger partial charge >= 0.3 is 0 Å². The van der Waals surface area contributed by atoms with E-state index < -0.39 is 0 Å². The summed E-state index contributed by atoms with van der Waals surface area (Å²) in [5.41, 5.74) is 6.80. The summed E-state index contributed by atoms with van der Waals surface area (Å²) >= 11 is 0. The van der Waals surface area contributed by atoms with E-state index in [9.17, 15) is 0 Å². The third-order valence-corrected chi connectivity index (χ3v) is 3.85. The molecule has 1 aliphatic heterocycles. The number of likely N-dealkylation sites (N-methyl/N-ethyl adjacent to an activating group) is 1. The van der Waals surface area contributed by atoms with E-state index in [2.05, 4.69) is 31.9 Å². The van der Waals surface area contributed by atoms with Crippen molar-refractivity contribution in [3.63, 3.8) is 0 Å². The average molecular weight is 275 g/mol. The maximum Gasteiger partial charge on any atom is 0.163 e. The maximum atomic E-state index is 6.00. The van der Waals surface area contributed by atoms with Gasteiger partial charge in [0.05, 0.1) is 18.1 Å². The van der Waals surface area contributed by atoms with Gasteiger partial charge in [0.15, 0.2) is 5.65 Å². The first-order valence-corrected chi connectivity index (χ1v) is 6.98. The number of hydrogen-bond acceptors (Lipinski definition) is 6. The summed E-state index contributed by atoms with van der Waals surface area (Å²) in [6, 6.07) is 0. The van der Waals surface area contributed by atoms with Gasteiger partial charge in [0.25, 0.3) is 0 Å². The lowest BCUT2D eigenvalue weighted by molar-refractivity contribution is 0.263. The van der Waals surface area contributed by atoms with Crippen LogP contribution in [0.5, 0.6) is 0 Å². The second kappa shape index (κ2) is 5.34. The van der Waals surface area contributed by atoms with E-state index in [4.69, 9.17) is 5.73 Å². The molecule has 2 aromatic heterocycles. The van der Waals surface area contributed by atoms with Crippen molar-refractivity contribution >= 4 is 16.9 Å². The van der Waals surface area contributed by atoms with Gasteiger partial charge < -0.3 is 10.6 Å². The number of aromatic nitrogens is 4. The highest BCUT2D eigenvalue weighted by atomic mass is 15.3. The molecule has 0 unspecified atom stereocenters. The van der Waals surface area contributed by atoms with Gasteiger partial charge in [-0.3, -0.25) is 9.58 Å². The zero-order valence-corrected chi connectivity index (χ0v) is 12.1. The third kappa shape index (κ3) is 2.59. The fourth-order valence-electron chi connectivity index (χ4n) is 2.62. The molecule has 7 heteroatoms. The second-order valence-electron chi connectivity index (χ2n) is 5.46. The average Bonchev–Trinajstić information content (AvgIpc) is 2.65. The van der Waals surface area contributed by atoms with Crippen LogP contribution >= 0.6 is 0 Å². The normalized spacial score (nSPS) is 18.5. The molecule has 0 spiro atoms. The quantitative estimate of drug-likeness (QED) is 0.836. The molecule has 0 saturated carbocycles. The van der Waals surface area contributed by atoms with Gasteiger partial charge in [0.1, 0.15) is 11.6 Å². The number of nitrogens with zero attached hydrogens (tertiary/aromatic N) is 6. The predicted molar refractivity (Wildman–Crippen MR) is 78.1 cm³/mol. The lowest BCUT2D eigenvalue weighted by Crippen LogP contribution is -2.29. The molecular weight excluding hydrogens is 254 g/mol. The van der Waals surface area contributed by atoms with Gasteiger partial charge in [-0.15, -0.1) is 0 Å². The molecule has 0 bridgehead atoms. The smallest absolute Gasteiger partial charge is 0.163 e. The summed E-state index contributed by atoms with van der Waals surface area (Å²) in [4.78, 5) is 13.8. The van der Waals surface area contributed by atoms with Gasteiger partial charge in [0.2, 0.25) is 0 Å². The molecule has 0 aliphatic carbocycles. The molecule has 20 heavy (non-hydrogen) atoms. The number of fused-ring (bicyclic) bond motifs is 1. The van der Waals surface area contributed by atoms with Crippen LogP contribution in [0.4, 0.5) is 5.82 Å². The minimum atomic E-state index is 0.519. The van der Waals surface area contributed by atoms with Crippen molar-refractivity contribution < 1.29 is 0 Å². The lowest BCUT2D eigenvalue weighted by atomic mass is 10.3. The molecular formula is C13H21N7. The highest BCUT2D eigenvalue weighted by molar-refractivity contribution is 5.84. The van der Waals surface area contributed by atoms with Gasteiger partial charge in [-0.1, -0.05) is 0 Å². The number of aryl methyl sites for hydroxylation is 1. The van der Waals surface area contributed by atoms with E-state index in [0.29, 0.717) is 5.82 Å². The van der Waals surface area contributed by atoms with Crippen LogP contribution in [0.3, 0.4) is 0 Å². The van der Waals surface area contributed by atoms with Crippen LogP contribution in [-0.4, -0.2) is 62.8 Å². The molecule has 3 heterocycles. The number of anilines is 1. The molecule has 0 aromatic carbocycles. The van der Waals surface area contributed by atoms with E-state index in [1.165, 1.54) is 6.42 Å². The Bertz CT molecular complexity index is 606. The summed E-state index contributed by atoms with van der Waals surface area (Å²) in [6.45, 7) is 5.11. The van der Waals surface area contributed by atoms with Crippen LogP contribution in [0.15, 0.2) is 6.20 Å². The number of nitrogens with two attached hydrogens (primary N) is 1. The second-order valence-corrected chi connectivity index (χ2v) is 5.46. The van der Waals surface area contributed by atoms with Crippen LogP contribution in [0.1, 0.15) is 12.2 Å². The van der Waals surface area contributed by atoms with Gasteiger partial charge in [-0.2, -0.15) is 5.10 Å². The molecule has 0 atom stereocenters. The Kier molecular flexibility index (Phi) is 3.54. The number of rotatable bonds is 2. The first kappa shape index (κ1) is 13.3. The molecule has 2 aromatic rings. The molecule has 7 nitrogen and oxygen atoms in total. The van der Waals surface area contributed by atoms with Crippen LogP contribution in [0.25, 0.3) is 11.0 Å². The Morgan fingerprint density at radius 2 is 2.00 bits per heavy atom. The first-order valence-electron chi connectivity index (χ1n) is 6.98.